The fourth-order valence-corrected chi connectivity index (χ4v) is 2.42. The highest BCUT2D eigenvalue weighted by atomic mass is 19.4. The minimum absolute atomic E-state index is 0.00293. The number of nitrogens with one attached hydrogen (secondary N) is 1. The van der Waals surface area contributed by atoms with E-state index < -0.39 is 30.6 Å². The van der Waals surface area contributed by atoms with Gasteiger partial charge in [0.25, 0.3) is 0 Å². The Balaban J connectivity index is 2.10. The number of hydrogen-bond acceptors (Lipinski definition) is 4. The van der Waals surface area contributed by atoms with Crippen LogP contribution in [0.25, 0.3) is 0 Å². The van der Waals surface area contributed by atoms with E-state index in [9.17, 15) is 22.8 Å². The van der Waals surface area contributed by atoms with E-state index in [1.165, 1.54) is 0 Å². The molecule has 1 aliphatic heterocycles. The maximum absolute atomic E-state index is 13.3. The van der Waals surface area contributed by atoms with Crippen LogP contribution in [0, 0.1) is 0 Å². The molecule has 1 aliphatic rings. The third-order valence-electron chi connectivity index (χ3n) is 3.93. The monoisotopic (exact) mass is 358 g/mol. The van der Waals surface area contributed by atoms with Gasteiger partial charge in [-0.2, -0.15) is 13.2 Å². The predicted octanol–water partition coefficient (Wildman–Crippen LogP) is 3.70. The number of carbonyl (C=O) groups is 2. The van der Waals surface area contributed by atoms with Crippen molar-refractivity contribution in [3.63, 3.8) is 0 Å². The zero-order chi connectivity index (χ0) is 18.8. The summed E-state index contributed by atoms with van der Waals surface area (Å²) in [7, 11) is 0. The molecule has 0 unspecified atom stereocenters. The summed E-state index contributed by atoms with van der Waals surface area (Å²) in [5.74, 6) is -0.913. The van der Waals surface area contributed by atoms with Gasteiger partial charge in [0.15, 0.2) is 0 Å². The molecule has 1 atom stereocenters. The molecule has 0 bridgehead atoms. The zero-order valence-electron chi connectivity index (χ0n) is 14.3. The van der Waals surface area contributed by atoms with Gasteiger partial charge in [0.2, 0.25) is 5.91 Å². The Morgan fingerprint density at radius 3 is 2.28 bits per heavy atom. The number of hydrogen-bond donors (Lipinski definition) is 1. The van der Waals surface area contributed by atoms with E-state index >= 15 is 0 Å². The van der Waals surface area contributed by atoms with Crippen molar-refractivity contribution in [3.8, 4) is 0 Å². The molecule has 1 aromatic carbocycles. The molecule has 138 valence electrons. The molecule has 1 saturated heterocycles. The quantitative estimate of drug-likeness (QED) is 0.892. The highest BCUT2D eigenvalue weighted by Crippen LogP contribution is 2.28. The van der Waals surface area contributed by atoms with Crippen LogP contribution < -0.4 is 5.32 Å². The normalized spacial score (nSPS) is 16.6. The van der Waals surface area contributed by atoms with Crippen molar-refractivity contribution in [2.24, 2.45) is 0 Å². The second kappa shape index (κ2) is 6.93. The Bertz CT molecular complexity index is 636. The van der Waals surface area contributed by atoms with Crippen LogP contribution in [0.2, 0.25) is 0 Å². The lowest BCUT2D eigenvalue weighted by molar-refractivity contribution is -0.153. The van der Waals surface area contributed by atoms with E-state index in [0.29, 0.717) is 4.90 Å². The van der Waals surface area contributed by atoms with Crippen LogP contribution in [0.3, 0.4) is 0 Å². The van der Waals surface area contributed by atoms with E-state index in [4.69, 9.17) is 0 Å². The van der Waals surface area contributed by atoms with Crippen LogP contribution >= 0.6 is 0 Å². The van der Waals surface area contributed by atoms with Gasteiger partial charge in [0.05, 0.1) is 13.0 Å². The number of benzene rings is 1. The molecular formula is C17H21F3N2O3. The summed E-state index contributed by atoms with van der Waals surface area (Å²) in [6.45, 7) is 5.98. The van der Waals surface area contributed by atoms with Crippen molar-refractivity contribution < 1.29 is 27.5 Å². The number of halogens is 3. The number of alkyl halides is 3. The van der Waals surface area contributed by atoms with Gasteiger partial charge in [0, 0.05) is 5.69 Å². The van der Waals surface area contributed by atoms with Crippen molar-refractivity contribution in [1.82, 2.24) is 4.90 Å². The summed E-state index contributed by atoms with van der Waals surface area (Å²) in [4.78, 5) is 24.0. The molecule has 2 amide bonds. The van der Waals surface area contributed by atoms with E-state index in [0.717, 1.165) is 5.56 Å². The van der Waals surface area contributed by atoms with Gasteiger partial charge in [-0.3, -0.25) is 4.79 Å². The van der Waals surface area contributed by atoms with Gasteiger partial charge in [-0.1, -0.05) is 32.9 Å². The Hall–Kier alpha value is -2.25. The summed E-state index contributed by atoms with van der Waals surface area (Å²) in [5, 5.41) is 2.34. The lowest BCUT2D eigenvalue weighted by atomic mass is 9.87. The summed E-state index contributed by atoms with van der Waals surface area (Å²) in [6, 6.07) is 4.50. The molecule has 1 aromatic rings. The second-order valence-electron chi connectivity index (χ2n) is 6.93. The maximum atomic E-state index is 13.3. The first-order valence-electron chi connectivity index (χ1n) is 7.89. The van der Waals surface area contributed by atoms with Gasteiger partial charge in [-0.05, 0) is 23.1 Å². The molecule has 0 spiro atoms. The first kappa shape index (κ1) is 19.1. The van der Waals surface area contributed by atoms with E-state index in [-0.39, 0.29) is 24.3 Å². The predicted molar refractivity (Wildman–Crippen MR) is 86.3 cm³/mol. The highest BCUT2D eigenvalue weighted by molar-refractivity contribution is 5.93. The molecule has 2 rings (SSSR count). The number of ether oxygens (including phenoxy) is 1. The number of cyclic esters (lactones) is 1. The van der Waals surface area contributed by atoms with Crippen molar-refractivity contribution in [3.05, 3.63) is 29.8 Å². The number of rotatable bonds is 4. The lowest BCUT2D eigenvalue weighted by Gasteiger charge is -2.24. The molecule has 8 heteroatoms. The SMILES string of the molecule is CC(C)(C)c1ccc(N[C@H](CC(=O)N2CCOC2=O)C(F)(F)F)cc1. The minimum atomic E-state index is -4.64. The third kappa shape index (κ3) is 4.87. The number of anilines is 1. The molecule has 1 N–H and O–H groups in total. The molecular weight excluding hydrogens is 337 g/mol. The number of imide groups is 1. The molecule has 0 aliphatic carbocycles. The first-order valence-corrected chi connectivity index (χ1v) is 7.89. The summed E-state index contributed by atoms with van der Waals surface area (Å²) >= 11 is 0. The molecule has 1 fully saturated rings. The topological polar surface area (TPSA) is 58.6 Å². The molecule has 5 nitrogen and oxygen atoms in total. The smallest absolute Gasteiger partial charge is 0.416 e. The van der Waals surface area contributed by atoms with Crippen molar-refractivity contribution in [2.75, 3.05) is 18.5 Å². The summed E-state index contributed by atoms with van der Waals surface area (Å²) in [6.07, 6.45) is -6.41. The van der Waals surface area contributed by atoms with E-state index in [1.807, 2.05) is 20.8 Å². The summed E-state index contributed by atoms with van der Waals surface area (Å²) < 4.78 is 44.4. The molecule has 0 radical (unpaired) electrons. The lowest BCUT2D eigenvalue weighted by Crippen LogP contribution is -2.42. The van der Waals surface area contributed by atoms with Gasteiger partial charge in [-0.15, -0.1) is 0 Å². The number of amides is 2. The van der Waals surface area contributed by atoms with Crippen LogP contribution in [0.15, 0.2) is 24.3 Å². The average Bonchev–Trinajstić information content (AvgIpc) is 2.91. The fourth-order valence-electron chi connectivity index (χ4n) is 2.42. The van der Waals surface area contributed by atoms with Gasteiger partial charge >= 0.3 is 12.3 Å². The molecule has 0 saturated carbocycles. The van der Waals surface area contributed by atoms with Crippen molar-refractivity contribution in [1.29, 1.82) is 0 Å². The van der Waals surface area contributed by atoms with E-state index in [1.54, 1.807) is 24.3 Å². The minimum Gasteiger partial charge on any atom is -0.447 e. The Morgan fingerprint density at radius 1 is 1.24 bits per heavy atom. The van der Waals surface area contributed by atoms with Crippen LogP contribution in [0.5, 0.6) is 0 Å². The van der Waals surface area contributed by atoms with Gasteiger partial charge in [-0.25, -0.2) is 9.69 Å². The average molecular weight is 358 g/mol. The molecule has 25 heavy (non-hydrogen) atoms. The van der Waals surface area contributed by atoms with Crippen LogP contribution in [0.4, 0.5) is 23.7 Å². The standard InChI is InChI=1S/C17H21F3N2O3/c1-16(2,3)11-4-6-12(7-5-11)21-13(17(18,19)20)10-14(23)22-8-9-25-15(22)24/h4-7,13,21H,8-10H2,1-3H3/t13-/m1/s1. The molecule has 1 heterocycles. The summed E-state index contributed by atoms with van der Waals surface area (Å²) in [5.41, 5.74) is 1.12. The Labute approximate surface area is 144 Å². The Kier molecular flexibility index (Phi) is 5.29. The number of nitrogens with zero attached hydrogens (tertiary/aromatic N) is 1. The first-order chi connectivity index (χ1) is 11.5. The van der Waals surface area contributed by atoms with Crippen LogP contribution in [0.1, 0.15) is 32.8 Å². The third-order valence-corrected chi connectivity index (χ3v) is 3.93. The van der Waals surface area contributed by atoms with Crippen molar-refractivity contribution in [2.45, 2.75) is 44.8 Å². The van der Waals surface area contributed by atoms with Gasteiger partial charge < -0.3 is 10.1 Å². The van der Waals surface area contributed by atoms with Gasteiger partial charge in [0.1, 0.15) is 12.6 Å². The zero-order valence-corrected chi connectivity index (χ0v) is 14.3. The highest BCUT2D eigenvalue weighted by Gasteiger charge is 2.43. The second-order valence-corrected chi connectivity index (χ2v) is 6.93. The Morgan fingerprint density at radius 2 is 1.84 bits per heavy atom. The largest absolute Gasteiger partial charge is 0.447 e. The van der Waals surface area contributed by atoms with Crippen LogP contribution in [-0.4, -0.2) is 42.3 Å². The van der Waals surface area contributed by atoms with Crippen molar-refractivity contribution >= 4 is 17.7 Å². The number of carbonyl (C=O) groups excluding carboxylic acids is 2. The fraction of sp³-hybridized carbons (Fsp3) is 0.529. The maximum Gasteiger partial charge on any atom is 0.416 e. The van der Waals surface area contributed by atoms with Crippen LogP contribution in [-0.2, 0) is 14.9 Å². The van der Waals surface area contributed by atoms with E-state index in [2.05, 4.69) is 10.1 Å². The molecule has 0 aromatic heterocycles.